The Morgan fingerprint density at radius 3 is 2.62 bits per heavy atom. The number of nitrogens with one attached hydrogen (secondary N) is 2. The zero-order chi connectivity index (χ0) is 15.3. The van der Waals surface area contributed by atoms with Gasteiger partial charge >= 0.3 is 6.03 Å². The highest BCUT2D eigenvalue weighted by atomic mass is 32.2. The van der Waals surface area contributed by atoms with Crippen LogP contribution in [0.15, 0.2) is 29.2 Å². The monoisotopic (exact) mass is 312 g/mol. The molecule has 0 saturated carbocycles. The van der Waals surface area contributed by atoms with Gasteiger partial charge in [-0.25, -0.2) is 13.2 Å². The van der Waals surface area contributed by atoms with Crippen LogP contribution in [0.3, 0.4) is 0 Å². The third kappa shape index (κ3) is 4.44. The van der Waals surface area contributed by atoms with E-state index in [1.807, 2.05) is 0 Å². The maximum atomic E-state index is 11.7. The Balaban J connectivity index is 1.86. The van der Waals surface area contributed by atoms with Crippen LogP contribution >= 0.6 is 0 Å². The molecule has 1 heterocycles. The summed E-state index contributed by atoms with van der Waals surface area (Å²) in [7, 11) is -3.21. The van der Waals surface area contributed by atoms with Crippen LogP contribution in [-0.2, 0) is 14.6 Å². The first-order valence-corrected chi connectivity index (χ1v) is 8.66. The number of anilines is 1. The molecule has 7 heteroatoms. The van der Waals surface area contributed by atoms with Crippen LogP contribution < -0.4 is 10.6 Å². The molecule has 1 aromatic carbocycles. The van der Waals surface area contributed by atoms with Gasteiger partial charge in [0.25, 0.3) is 0 Å². The Labute approximate surface area is 124 Å². The van der Waals surface area contributed by atoms with Gasteiger partial charge in [0.05, 0.1) is 16.8 Å². The van der Waals surface area contributed by atoms with E-state index in [0.717, 1.165) is 19.4 Å². The molecule has 0 aromatic heterocycles. The topological polar surface area (TPSA) is 84.5 Å². The Bertz CT molecular complexity index is 577. The largest absolute Gasteiger partial charge is 0.376 e. The van der Waals surface area contributed by atoms with Crippen molar-refractivity contribution >= 4 is 21.6 Å². The van der Waals surface area contributed by atoms with Gasteiger partial charge in [0.1, 0.15) is 0 Å². The lowest BCUT2D eigenvalue weighted by atomic mass is 10.2. The molecule has 21 heavy (non-hydrogen) atoms. The molecule has 6 nitrogen and oxygen atoms in total. The summed E-state index contributed by atoms with van der Waals surface area (Å²) in [6.07, 6.45) is 2.08. The standard InChI is InChI=1S/C14H20N2O4S/c1-2-21(18,19)13-7-5-11(6-8-13)16-14(17)15-10-12-4-3-9-20-12/h5-8,12H,2-4,9-10H2,1H3,(H2,15,16,17)/t12-/m1/s1. The van der Waals surface area contributed by atoms with Crippen molar-refractivity contribution in [2.75, 3.05) is 24.2 Å². The normalized spacial score (nSPS) is 18.4. The lowest BCUT2D eigenvalue weighted by Gasteiger charge is -2.12. The van der Waals surface area contributed by atoms with E-state index in [2.05, 4.69) is 10.6 Å². The number of urea groups is 1. The van der Waals surface area contributed by atoms with Crippen molar-refractivity contribution in [2.45, 2.75) is 30.8 Å². The van der Waals surface area contributed by atoms with Gasteiger partial charge < -0.3 is 15.4 Å². The first-order chi connectivity index (χ1) is 10.0. The Kier molecular flexibility index (Phi) is 5.19. The minimum Gasteiger partial charge on any atom is -0.376 e. The summed E-state index contributed by atoms with van der Waals surface area (Å²) in [5.41, 5.74) is 0.551. The molecule has 0 bridgehead atoms. The SMILES string of the molecule is CCS(=O)(=O)c1ccc(NC(=O)NC[C@H]2CCCO2)cc1. The number of rotatable bonds is 5. The van der Waals surface area contributed by atoms with E-state index in [4.69, 9.17) is 4.74 Å². The van der Waals surface area contributed by atoms with Gasteiger partial charge in [-0.05, 0) is 37.1 Å². The van der Waals surface area contributed by atoms with Crippen molar-refractivity contribution in [1.29, 1.82) is 0 Å². The zero-order valence-electron chi connectivity index (χ0n) is 12.0. The van der Waals surface area contributed by atoms with Crippen molar-refractivity contribution in [2.24, 2.45) is 0 Å². The Hall–Kier alpha value is -1.60. The van der Waals surface area contributed by atoms with E-state index < -0.39 is 9.84 Å². The fraction of sp³-hybridized carbons (Fsp3) is 0.500. The first kappa shape index (κ1) is 15.8. The maximum absolute atomic E-state index is 11.7. The summed E-state index contributed by atoms with van der Waals surface area (Å²) >= 11 is 0. The summed E-state index contributed by atoms with van der Waals surface area (Å²) in [6, 6.07) is 5.82. The van der Waals surface area contributed by atoms with Gasteiger partial charge in [0.15, 0.2) is 9.84 Å². The average molecular weight is 312 g/mol. The molecule has 0 aliphatic carbocycles. The van der Waals surface area contributed by atoms with Crippen molar-refractivity contribution < 1.29 is 17.9 Å². The van der Waals surface area contributed by atoms with Gasteiger partial charge in [-0.3, -0.25) is 0 Å². The number of carbonyl (C=O) groups is 1. The maximum Gasteiger partial charge on any atom is 0.319 e. The summed E-state index contributed by atoms with van der Waals surface area (Å²) < 4.78 is 28.8. The fourth-order valence-electron chi connectivity index (χ4n) is 2.10. The Morgan fingerprint density at radius 1 is 1.33 bits per heavy atom. The average Bonchev–Trinajstić information content (AvgIpc) is 2.99. The number of hydrogen-bond acceptors (Lipinski definition) is 4. The molecule has 1 aliphatic heterocycles. The lowest BCUT2D eigenvalue weighted by Crippen LogP contribution is -2.35. The van der Waals surface area contributed by atoms with Gasteiger partial charge in [-0.2, -0.15) is 0 Å². The van der Waals surface area contributed by atoms with E-state index in [1.165, 1.54) is 12.1 Å². The van der Waals surface area contributed by atoms with E-state index in [1.54, 1.807) is 19.1 Å². The number of sulfone groups is 1. The summed E-state index contributed by atoms with van der Waals surface area (Å²) in [5.74, 6) is 0.0572. The molecule has 2 N–H and O–H groups in total. The zero-order valence-corrected chi connectivity index (χ0v) is 12.8. The highest BCUT2D eigenvalue weighted by molar-refractivity contribution is 7.91. The number of hydrogen-bond donors (Lipinski definition) is 2. The number of benzene rings is 1. The predicted molar refractivity (Wildman–Crippen MR) is 80.2 cm³/mol. The predicted octanol–water partition coefficient (Wildman–Crippen LogP) is 1.78. The molecular formula is C14H20N2O4S. The first-order valence-electron chi connectivity index (χ1n) is 7.00. The summed E-state index contributed by atoms with van der Waals surface area (Å²) in [5, 5.41) is 5.40. The van der Waals surface area contributed by atoms with Crippen LogP contribution in [-0.4, -0.2) is 39.5 Å². The molecule has 116 valence electrons. The van der Waals surface area contributed by atoms with E-state index >= 15 is 0 Å². The molecule has 1 aliphatic rings. The fourth-order valence-corrected chi connectivity index (χ4v) is 2.98. The van der Waals surface area contributed by atoms with E-state index in [-0.39, 0.29) is 22.8 Å². The minimum atomic E-state index is -3.21. The summed E-state index contributed by atoms with van der Waals surface area (Å²) in [6.45, 7) is 2.83. The molecule has 0 radical (unpaired) electrons. The van der Waals surface area contributed by atoms with Crippen LogP contribution in [0.1, 0.15) is 19.8 Å². The molecule has 0 spiro atoms. The van der Waals surface area contributed by atoms with E-state index in [0.29, 0.717) is 12.2 Å². The third-order valence-corrected chi connectivity index (χ3v) is 5.12. The van der Waals surface area contributed by atoms with Gasteiger partial charge in [-0.15, -0.1) is 0 Å². The van der Waals surface area contributed by atoms with Crippen LogP contribution in [0.4, 0.5) is 10.5 Å². The second-order valence-electron chi connectivity index (χ2n) is 4.90. The van der Waals surface area contributed by atoms with Gasteiger partial charge in [-0.1, -0.05) is 6.92 Å². The molecule has 1 aromatic rings. The van der Waals surface area contributed by atoms with Gasteiger partial charge in [0.2, 0.25) is 0 Å². The number of carbonyl (C=O) groups excluding carboxylic acids is 1. The highest BCUT2D eigenvalue weighted by Crippen LogP contribution is 2.15. The number of ether oxygens (including phenoxy) is 1. The van der Waals surface area contributed by atoms with Crippen molar-refractivity contribution in [1.82, 2.24) is 5.32 Å². The minimum absolute atomic E-state index is 0.0572. The van der Waals surface area contributed by atoms with Crippen molar-refractivity contribution in [3.05, 3.63) is 24.3 Å². The quantitative estimate of drug-likeness (QED) is 0.868. The highest BCUT2D eigenvalue weighted by Gasteiger charge is 2.16. The van der Waals surface area contributed by atoms with Gasteiger partial charge in [0, 0.05) is 18.8 Å². The van der Waals surface area contributed by atoms with E-state index in [9.17, 15) is 13.2 Å². The second kappa shape index (κ2) is 6.91. The summed E-state index contributed by atoms with van der Waals surface area (Å²) in [4.78, 5) is 12.0. The second-order valence-corrected chi connectivity index (χ2v) is 7.18. The molecule has 2 rings (SSSR count). The third-order valence-electron chi connectivity index (χ3n) is 3.37. The molecule has 2 amide bonds. The smallest absolute Gasteiger partial charge is 0.319 e. The van der Waals surface area contributed by atoms with Crippen LogP contribution in [0.25, 0.3) is 0 Å². The van der Waals surface area contributed by atoms with Crippen molar-refractivity contribution in [3.8, 4) is 0 Å². The van der Waals surface area contributed by atoms with Crippen LogP contribution in [0.5, 0.6) is 0 Å². The molecule has 1 saturated heterocycles. The lowest BCUT2D eigenvalue weighted by molar-refractivity contribution is 0.112. The van der Waals surface area contributed by atoms with Crippen LogP contribution in [0.2, 0.25) is 0 Å². The molecule has 1 atom stereocenters. The van der Waals surface area contributed by atoms with Crippen molar-refractivity contribution in [3.63, 3.8) is 0 Å². The van der Waals surface area contributed by atoms with Crippen LogP contribution in [0, 0.1) is 0 Å². The molecule has 1 fully saturated rings. The number of amides is 2. The molecule has 0 unspecified atom stereocenters. The Morgan fingerprint density at radius 2 is 2.05 bits per heavy atom. The molecular weight excluding hydrogens is 292 g/mol.